The van der Waals surface area contributed by atoms with Crippen molar-refractivity contribution in [2.45, 2.75) is 5.03 Å². The third-order valence-corrected chi connectivity index (χ3v) is 4.94. The summed E-state index contributed by atoms with van der Waals surface area (Å²) >= 11 is 1.31. The molecule has 1 aromatic carbocycles. The molecule has 27 heavy (non-hydrogen) atoms. The molecule has 0 saturated carbocycles. The number of anilines is 1. The second-order valence-corrected chi connectivity index (χ2v) is 6.61. The Morgan fingerprint density at radius 1 is 1.19 bits per heavy atom. The molecule has 138 valence electrons. The Labute approximate surface area is 158 Å². The van der Waals surface area contributed by atoms with Crippen molar-refractivity contribution in [2.24, 2.45) is 0 Å². The molecule has 8 nitrogen and oxygen atoms in total. The zero-order valence-electron chi connectivity index (χ0n) is 14.6. The van der Waals surface area contributed by atoms with Crippen LogP contribution < -0.4 is 14.8 Å². The maximum Gasteiger partial charge on any atom is 0.234 e. The highest BCUT2D eigenvalue weighted by Gasteiger charge is 2.13. The minimum absolute atomic E-state index is 0.172. The van der Waals surface area contributed by atoms with Gasteiger partial charge < -0.3 is 19.2 Å². The molecule has 0 fully saturated rings. The van der Waals surface area contributed by atoms with Gasteiger partial charge in [-0.1, -0.05) is 11.8 Å². The topological polar surface area (TPSA) is 90.9 Å². The maximum atomic E-state index is 12.4. The lowest BCUT2D eigenvalue weighted by Gasteiger charge is -2.09. The van der Waals surface area contributed by atoms with E-state index in [2.05, 4.69) is 15.5 Å². The van der Waals surface area contributed by atoms with E-state index >= 15 is 0 Å². The first-order chi connectivity index (χ1) is 13.2. The predicted molar refractivity (Wildman–Crippen MR) is 102 cm³/mol. The summed E-state index contributed by atoms with van der Waals surface area (Å²) in [7, 11) is 3.12. The van der Waals surface area contributed by atoms with Gasteiger partial charge in [-0.3, -0.25) is 9.20 Å². The summed E-state index contributed by atoms with van der Waals surface area (Å²) in [6.07, 6.45) is 3.25. The Hall–Kier alpha value is -3.20. The number of thioether (sulfide) groups is 1. The van der Waals surface area contributed by atoms with E-state index in [-0.39, 0.29) is 11.7 Å². The number of rotatable bonds is 6. The van der Waals surface area contributed by atoms with Crippen molar-refractivity contribution in [1.29, 1.82) is 0 Å². The zero-order chi connectivity index (χ0) is 18.8. The van der Waals surface area contributed by atoms with E-state index in [1.54, 1.807) is 45.0 Å². The SMILES string of the molecule is COc1cc(NC(=O)CSc2nncn3c2cc2occc23)cc(OC)c1. The lowest BCUT2D eigenvalue weighted by Crippen LogP contribution is -2.14. The first-order valence-corrected chi connectivity index (χ1v) is 9.02. The third-order valence-electron chi connectivity index (χ3n) is 3.97. The van der Waals surface area contributed by atoms with Crippen LogP contribution in [0, 0.1) is 0 Å². The molecular weight excluding hydrogens is 368 g/mol. The van der Waals surface area contributed by atoms with Gasteiger partial charge in [-0.05, 0) is 0 Å². The minimum Gasteiger partial charge on any atom is -0.497 e. The predicted octanol–water partition coefficient (Wildman–Crippen LogP) is 3.22. The third kappa shape index (κ3) is 3.41. The lowest BCUT2D eigenvalue weighted by molar-refractivity contribution is -0.113. The highest BCUT2D eigenvalue weighted by molar-refractivity contribution is 8.00. The number of amides is 1. The van der Waals surface area contributed by atoms with Crippen molar-refractivity contribution < 1.29 is 18.7 Å². The molecule has 0 aliphatic rings. The summed E-state index contributed by atoms with van der Waals surface area (Å²) in [6, 6.07) is 8.95. The maximum absolute atomic E-state index is 12.4. The summed E-state index contributed by atoms with van der Waals surface area (Å²) in [6.45, 7) is 0. The Kier molecular flexibility index (Phi) is 4.59. The number of methoxy groups -OCH3 is 2. The molecule has 3 heterocycles. The molecule has 3 aromatic heterocycles. The van der Waals surface area contributed by atoms with Gasteiger partial charge in [0, 0.05) is 36.0 Å². The normalized spacial score (nSPS) is 11.0. The van der Waals surface area contributed by atoms with E-state index in [4.69, 9.17) is 13.9 Å². The Morgan fingerprint density at radius 2 is 1.96 bits per heavy atom. The second kappa shape index (κ2) is 7.20. The van der Waals surface area contributed by atoms with Gasteiger partial charge in [0.05, 0.1) is 37.3 Å². The Morgan fingerprint density at radius 3 is 2.70 bits per heavy atom. The molecule has 0 aliphatic heterocycles. The van der Waals surface area contributed by atoms with Crippen molar-refractivity contribution >= 4 is 40.0 Å². The molecule has 0 radical (unpaired) electrons. The average molecular weight is 384 g/mol. The van der Waals surface area contributed by atoms with Crippen LogP contribution in [-0.4, -0.2) is 40.5 Å². The van der Waals surface area contributed by atoms with E-state index < -0.39 is 0 Å². The number of carbonyl (C=O) groups excluding carboxylic acids is 1. The van der Waals surface area contributed by atoms with Crippen molar-refractivity contribution in [2.75, 3.05) is 25.3 Å². The summed E-state index contributed by atoms with van der Waals surface area (Å²) < 4.78 is 17.7. The van der Waals surface area contributed by atoms with Gasteiger partial charge in [-0.25, -0.2) is 0 Å². The van der Waals surface area contributed by atoms with Gasteiger partial charge in [0.2, 0.25) is 5.91 Å². The van der Waals surface area contributed by atoms with E-state index in [1.807, 2.05) is 16.5 Å². The molecule has 9 heteroatoms. The van der Waals surface area contributed by atoms with Crippen LogP contribution in [0.4, 0.5) is 5.69 Å². The van der Waals surface area contributed by atoms with Crippen molar-refractivity contribution in [3.63, 3.8) is 0 Å². The number of nitrogens with zero attached hydrogens (tertiary/aromatic N) is 3. The number of fused-ring (bicyclic) bond motifs is 3. The lowest BCUT2D eigenvalue weighted by atomic mass is 10.2. The number of aromatic nitrogens is 3. The molecule has 0 saturated heterocycles. The summed E-state index contributed by atoms with van der Waals surface area (Å²) in [5.74, 6) is 1.21. The molecule has 1 amide bonds. The largest absolute Gasteiger partial charge is 0.497 e. The van der Waals surface area contributed by atoms with E-state index in [0.29, 0.717) is 22.2 Å². The van der Waals surface area contributed by atoms with Crippen molar-refractivity contribution in [3.8, 4) is 11.5 Å². The van der Waals surface area contributed by atoms with Crippen LogP contribution in [0.5, 0.6) is 11.5 Å². The van der Waals surface area contributed by atoms with Crippen molar-refractivity contribution in [1.82, 2.24) is 14.6 Å². The fraction of sp³-hybridized carbons (Fsp3) is 0.167. The first-order valence-electron chi connectivity index (χ1n) is 8.03. The van der Waals surface area contributed by atoms with Gasteiger partial charge in [0.15, 0.2) is 5.58 Å². The Balaban J connectivity index is 1.49. The van der Waals surface area contributed by atoms with Gasteiger partial charge in [-0.15, -0.1) is 10.2 Å². The van der Waals surface area contributed by atoms with Crippen LogP contribution in [0.3, 0.4) is 0 Å². The number of furan rings is 1. The molecule has 0 atom stereocenters. The monoisotopic (exact) mass is 384 g/mol. The van der Waals surface area contributed by atoms with Gasteiger partial charge in [0.1, 0.15) is 22.9 Å². The van der Waals surface area contributed by atoms with Crippen LogP contribution >= 0.6 is 11.8 Å². The van der Waals surface area contributed by atoms with E-state index in [1.165, 1.54) is 11.8 Å². The highest BCUT2D eigenvalue weighted by atomic mass is 32.2. The highest BCUT2D eigenvalue weighted by Crippen LogP contribution is 2.28. The fourth-order valence-electron chi connectivity index (χ4n) is 2.73. The van der Waals surface area contributed by atoms with Crippen LogP contribution in [0.1, 0.15) is 0 Å². The number of carbonyl (C=O) groups is 1. The van der Waals surface area contributed by atoms with Gasteiger partial charge in [-0.2, -0.15) is 0 Å². The summed E-state index contributed by atoms with van der Waals surface area (Å²) in [5.41, 5.74) is 3.11. The molecule has 4 aromatic rings. The zero-order valence-corrected chi connectivity index (χ0v) is 15.4. The summed E-state index contributed by atoms with van der Waals surface area (Å²) in [5, 5.41) is 11.6. The fourth-order valence-corrected chi connectivity index (χ4v) is 3.48. The smallest absolute Gasteiger partial charge is 0.234 e. The van der Waals surface area contributed by atoms with Crippen LogP contribution in [0.25, 0.3) is 16.6 Å². The standard InChI is InChI=1S/C18H16N4O4S/c1-24-12-5-11(6-13(7-12)25-2)20-17(23)9-27-18-15-8-16-14(3-4-26-16)22(15)10-19-21-18/h3-8,10H,9H2,1-2H3,(H,20,23). The van der Waals surface area contributed by atoms with Crippen LogP contribution in [-0.2, 0) is 4.79 Å². The van der Waals surface area contributed by atoms with Crippen molar-refractivity contribution in [3.05, 3.63) is 42.9 Å². The quantitative estimate of drug-likeness (QED) is 0.510. The first kappa shape index (κ1) is 17.2. The second-order valence-electron chi connectivity index (χ2n) is 5.64. The molecule has 4 rings (SSSR count). The molecule has 0 unspecified atom stereocenters. The number of nitrogens with one attached hydrogen (secondary N) is 1. The van der Waals surface area contributed by atoms with Crippen LogP contribution in [0.15, 0.2) is 52.4 Å². The average Bonchev–Trinajstić information content (AvgIpc) is 3.27. The number of hydrogen-bond donors (Lipinski definition) is 1. The molecular formula is C18H16N4O4S. The minimum atomic E-state index is -0.172. The number of hydrogen-bond acceptors (Lipinski definition) is 7. The molecule has 0 aliphatic carbocycles. The number of ether oxygens (including phenoxy) is 2. The molecule has 0 spiro atoms. The van der Waals surface area contributed by atoms with Gasteiger partial charge in [0.25, 0.3) is 0 Å². The molecule has 1 N–H and O–H groups in total. The van der Waals surface area contributed by atoms with Gasteiger partial charge >= 0.3 is 0 Å². The molecule has 0 bridgehead atoms. The van der Waals surface area contributed by atoms with E-state index in [0.717, 1.165) is 16.6 Å². The van der Waals surface area contributed by atoms with E-state index in [9.17, 15) is 4.79 Å². The van der Waals surface area contributed by atoms with Crippen LogP contribution in [0.2, 0.25) is 0 Å². The summed E-state index contributed by atoms with van der Waals surface area (Å²) in [4.78, 5) is 12.4. The number of benzene rings is 1. The Bertz CT molecular complexity index is 1100.